The lowest BCUT2D eigenvalue weighted by Crippen LogP contribution is -2.27. The van der Waals surface area contributed by atoms with E-state index < -0.39 is 20.0 Å². The van der Waals surface area contributed by atoms with E-state index in [0.29, 0.717) is 19.8 Å². The zero-order chi connectivity index (χ0) is 23.9. The van der Waals surface area contributed by atoms with Gasteiger partial charge in [0.05, 0.1) is 0 Å². The summed E-state index contributed by atoms with van der Waals surface area (Å²) in [6.45, 7) is 16.0. The highest BCUT2D eigenvalue weighted by atomic mass is 32.1. The first-order valence-corrected chi connectivity index (χ1v) is 12.6. The van der Waals surface area contributed by atoms with Crippen LogP contribution in [-0.4, -0.2) is 39.8 Å². The Balaban J connectivity index is -0.0000000871. The number of thiol groups is 2. The van der Waals surface area contributed by atoms with Crippen LogP contribution in [0.2, 0.25) is 0 Å². The van der Waals surface area contributed by atoms with Gasteiger partial charge in [-0.1, -0.05) is 97.9 Å². The predicted molar refractivity (Wildman–Crippen MR) is 133 cm³/mol. The summed E-state index contributed by atoms with van der Waals surface area (Å²) in [7, 11) is -1.40. The molecule has 2 amide bonds. The molecule has 1 fully saturated rings. The molecular weight excluding hydrogens is 428 g/mol. The summed E-state index contributed by atoms with van der Waals surface area (Å²) >= 11 is 6.21. The van der Waals surface area contributed by atoms with Gasteiger partial charge in [-0.25, -0.2) is 0 Å². The third kappa shape index (κ3) is 84.6. The summed E-state index contributed by atoms with van der Waals surface area (Å²) in [6, 6.07) is 0. The van der Waals surface area contributed by atoms with Gasteiger partial charge in [0.15, 0.2) is 0 Å². The average Bonchev–Trinajstić information content (AvgIpc) is 2.66. The summed E-state index contributed by atoms with van der Waals surface area (Å²) < 4.78 is 15.5. The SMILES string of the molecule is C1CCCCC1.CC.CCC.CCO[Si](OCC)OCC.NC(=O)S.NC(=O)S. The molecule has 0 aromatic carbocycles. The lowest BCUT2D eigenvalue weighted by molar-refractivity contribution is 0.107. The van der Waals surface area contributed by atoms with Gasteiger partial charge in [-0.15, -0.1) is 0 Å². The molecule has 0 unspecified atom stereocenters. The highest BCUT2D eigenvalue weighted by Gasteiger charge is 2.15. The number of carbonyl (C=O) groups is 2. The number of nitrogens with two attached hydrogens (primary N) is 2. The number of carbonyl (C=O) groups excluding carboxylic acids is 2. The molecule has 179 valence electrons. The van der Waals surface area contributed by atoms with Gasteiger partial charge in [-0.3, -0.25) is 9.59 Å². The summed E-state index contributed by atoms with van der Waals surface area (Å²) in [4.78, 5) is 18.2. The maximum Gasteiger partial charge on any atom is 0.577 e. The summed E-state index contributed by atoms with van der Waals surface area (Å²) in [5.41, 5.74) is 8.67. The van der Waals surface area contributed by atoms with Crippen molar-refractivity contribution in [3.05, 3.63) is 0 Å². The van der Waals surface area contributed by atoms with E-state index in [-0.39, 0.29) is 0 Å². The fourth-order valence-corrected chi connectivity index (χ4v) is 2.50. The quantitative estimate of drug-likeness (QED) is 0.284. The Morgan fingerprint density at radius 2 is 0.828 bits per heavy atom. The highest BCUT2D eigenvalue weighted by molar-refractivity contribution is 7.96. The number of hydrogen-bond donors (Lipinski definition) is 4. The van der Waals surface area contributed by atoms with E-state index in [9.17, 15) is 0 Å². The molecule has 1 radical (unpaired) electrons. The van der Waals surface area contributed by atoms with Crippen LogP contribution in [0.1, 0.15) is 93.4 Å². The first kappa shape index (κ1) is 39.2. The first-order valence-electron chi connectivity index (χ1n) is 10.4. The monoisotopic (exact) mass is 475 g/mol. The molecule has 1 aliphatic carbocycles. The maximum atomic E-state index is 9.09. The largest absolute Gasteiger partial charge is 0.577 e. The standard InChI is InChI=1S/C6H15O3Si.C6H12.C3H8.C2H6.2CH3NOS/c1-4-7-10(8-5-2)9-6-3;1-2-4-6-5-3-1;1-3-2;1-2;2*2-1(3)4/h4-6H2,1-3H3;1-6H2;3H2,1-2H3;1-2H3;2*(H3,2,3,4). The van der Waals surface area contributed by atoms with Crippen LogP contribution in [0.3, 0.4) is 0 Å². The van der Waals surface area contributed by atoms with Crippen molar-refractivity contribution in [2.75, 3.05) is 19.8 Å². The van der Waals surface area contributed by atoms with Crippen LogP contribution in [0.15, 0.2) is 0 Å². The summed E-state index contributed by atoms with van der Waals surface area (Å²) in [6.07, 6.45) is 10.2. The van der Waals surface area contributed by atoms with Crippen LogP contribution in [0.4, 0.5) is 9.59 Å². The second-order valence-electron chi connectivity index (χ2n) is 5.05. The topological polar surface area (TPSA) is 114 Å². The second-order valence-corrected chi connectivity index (χ2v) is 7.30. The molecule has 1 aliphatic rings. The van der Waals surface area contributed by atoms with Gasteiger partial charge in [-0.05, 0) is 20.8 Å². The number of rotatable bonds is 6. The Hall–Kier alpha value is -0.263. The predicted octanol–water partition coefficient (Wildman–Crippen LogP) is 5.85. The van der Waals surface area contributed by atoms with Crippen molar-refractivity contribution in [1.82, 2.24) is 0 Å². The molecule has 0 bridgehead atoms. The number of primary amides is 2. The van der Waals surface area contributed by atoms with Gasteiger partial charge in [0.2, 0.25) is 0 Å². The molecule has 1 rings (SSSR count). The minimum absolute atomic E-state index is 0.639. The minimum Gasteiger partial charge on any atom is -0.371 e. The van der Waals surface area contributed by atoms with Crippen LogP contribution in [0, 0.1) is 0 Å². The lowest BCUT2D eigenvalue weighted by atomic mass is 10.0. The third-order valence-corrected chi connectivity index (χ3v) is 3.86. The third-order valence-electron chi connectivity index (χ3n) is 2.29. The molecule has 0 aromatic heterocycles. The molecule has 29 heavy (non-hydrogen) atoms. The van der Waals surface area contributed by atoms with E-state index in [1.807, 2.05) is 34.6 Å². The fraction of sp³-hybridized carbons (Fsp3) is 0.895. The maximum absolute atomic E-state index is 9.09. The summed E-state index contributed by atoms with van der Waals surface area (Å²) in [5, 5.41) is -1.28. The smallest absolute Gasteiger partial charge is 0.371 e. The van der Waals surface area contributed by atoms with E-state index >= 15 is 0 Å². The van der Waals surface area contributed by atoms with E-state index in [1.165, 1.54) is 44.9 Å². The van der Waals surface area contributed by atoms with Crippen LogP contribution in [0.5, 0.6) is 0 Å². The molecule has 0 aliphatic heterocycles. The molecule has 0 aromatic rings. The van der Waals surface area contributed by atoms with Gasteiger partial charge in [0, 0.05) is 19.8 Å². The molecule has 4 N–H and O–H groups in total. The van der Waals surface area contributed by atoms with Crippen LogP contribution in [-0.2, 0) is 13.3 Å². The fourth-order valence-electron chi connectivity index (χ4n) is 1.54. The first-order chi connectivity index (χ1) is 13.7. The molecule has 7 nitrogen and oxygen atoms in total. The van der Waals surface area contributed by atoms with Crippen LogP contribution >= 0.6 is 25.3 Å². The molecule has 0 saturated heterocycles. The Morgan fingerprint density at radius 3 is 0.931 bits per heavy atom. The van der Waals surface area contributed by atoms with Crippen molar-refractivity contribution >= 4 is 45.3 Å². The summed E-state index contributed by atoms with van der Waals surface area (Å²) in [5.74, 6) is 0. The average molecular weight is 476 g/mol. The number of hydrogen-bond acceptors (Lipinski definition) is 5. The Bertz CT molecular complexity index is 256. The number of amides is 2. The molecule has 10 heteroatoms. The normalized spacial score (nSPS) is 11.2. The van der Waals surface area contributed by atoms with Gasteiger partial charge >= 0.3 is 9.53 Å². The molecule has 0 spiro atoms. The molecule has 0 heterocycles. The van der Waals surface area contributed by atoms with Gasteiger partial charge in [0.1, 0.15) is 0 Å². The molecular formula is C19H47N2O5S2Si. The van der Waals surface area contributed by atoms with Crippen molar-refractivity contribution in [1.29, 1.82) is 0 Å². The zero-order valence-corrected chi connectivity index (χ0v) is 22.5. The minimum atomic E-state index is -1.40. The second kappa shape index (κ2) is 42.0. The molecule has 1 saturated carbocycles. The molecule has 0 atom stereocenters. The van der Waals surface area contributed by atoms with Gasteiger partial charge in [0.25, 0.3) is 10.5 Å². The van der Waals surface area contributed by atoms with E-state index in [0.717, 1.165) is 0 Å². The van der Waals surface area contributed by atoms with E-state index in [1.54, 1.807) is 0 Å². The highest BCUT2D eigenvalue weighted by Crippen LogP contribution is 2.15. The Labute approximate surface area is 192 Å². The van der Waals surface area contributed by atoms with Gasteiger partial charge < -0.3 is 24.7 Å². The van der Waals surface area contributed by atoms with Crippen molar-refractivity contribution in [3.63, 3.8) is 0 Å². The van der Waals surface area contributed by atoms with Crippen molar-refractivity contribution in [2.45, 2.75) is 93.4 Å². The van der Waals surface area contributed by atoms with Crippen LogP contribution < -0.4 is 11.5 Å². The van der Waals surface area contributed by atoms with Crippen molar-refractivity contribution in [3.8, 4) is 0 Å². The Morgan fingerprint density at radius 1 is 0.690 bits per heavy atom. The van der Waals surface area contributed by atoms with Crippen molar-refractivity contribution in [2.24, 2.45) is 11.5 Å². The van der Waals surface area contributed by atoms with E-state index in [2.05, 4.69) is 50.6 Å². The lowest BCUT2D eigenvalue weighted by Gasteiger charge is -2.10. The zero-order valence-electron chi connectivity index (χ0n) is 19.7. The van der Waals surface area contributed by atoms with Crippen LogP contribution in [0.25, 0.3) is 0 Å². The van der Waals surface area contributed by atoms with Crippen molar-refractivity contribution < 1.29 is 22.9 Å². The Kier molecular flexibility index (Phi) is 56.8. The van der Waals surface area contributed by atoms with Gasteiger partial charge in [-0.2, -0.15) is 0 Å². The van der Waals surface area contributed by atoms with E-state index in [4.69, 9.17) is 22.9 Å².